The fraction of sp³-hybridized carbons (Fsp3) is 0.381. The van der Waals surface area contributed by atoms with Crippen LogP contribution in [0.15, 0.2) is 30.7 Å². The van der Waals surface area contributed by atoms with E-state index in [0.29, 0.717) is 17.2 Å². The van der Waals surface area contributed by atoms with Gasteiger partial charge in [-0.25, -0.2) is 14.8 Å². The van der Waals surface area contributed by atoms with E-state index in [2.05, 4.69) is 25.7 Å². The summed E-state index contributed by atoms with van der Waals surface area (Å²) in [5, 5.41) is 11.0. The smallest absolute Gasteiger partial charge is 0.435 e. The number of carbonyl (C=O) groups excluding carboxylic acids is 2. The monoisotopic (exact) mass is 408 g/mol. The summed E-state index contributed by atoms with van der Waals surface area (Å²) in [4.78, 5) is 32.7. The molecular weight excluding hydrogens is 384 g/mol. The van der Waals surface area contributed by atoms with Gasteiger partial charge in [-0.2, -0.15) is 9.78 Å². The Labute approximate surface area is 173 Å². The number of benzene rings is 1. The Morgan fingerprint density at radius 3 is 2.57 bits per heavy atom. The molecule has 0 bridgehead atoms. The van der Waals surface area contributed by atoms with Crippen molar-refractivity contribution in [2.24, 2.45) is 5.92 Å². The van der Waals surface area contributed by atoms with Gasteiger partial charge in [0.1, 0.15) is 23.6 Å². The van der Waals surface area contributed by atoms with Crippen molar-refractivity contribution in [2.45, 2.75) is 46.1 Å². The number of nitrogens with one attached hydrogen (secondary N) is 2. The van der Waals surface area contributed by atoms with E-state index < -0.39 is 11.7 Å². The maximum Gasteiger partial charge on any atom is 0.435 e. The quantitative estimate of drug-likeness (QED) is 0.671. The highest BCUT2D eigenvalue weighted by molar-refractivity contribution is 5.94. The van der Waals surface area contributed by atoms with Gasteiger partial charge in [0.25, 0.3) is 0 Å². The summed E-state index contributed by atoms with van der Waals surface area (Å²) in [7, 11) is 0. The molecule has 156 valence electrons. The molecule has 1 fully saturated rings. The summed E-state index contributed by atoms with van der Waals surface area (Å²) < 4.78 is 6.67. The van der Waals surface area contributed by atoms with E-state index in [4.69, 9.17) is 4.74 Å². The molecular formula is C21H24N6O3. The van der Waals surface area contributed by atoms with Gasteiger partial charge in [-0.3, -0.25) is 4.79 Å². The van der Waals surface area contributed by atoms with Crippen molar-refractivity contribution < 1.29 is 14.3 Å². The number of hydrogen-bond acceptors (Lipinski definition) is 7. The van der Waals surface area contributed by atoms with Crippen molar-refractivity contribution in [1.29, 1.82) is 0 Å². The van der Waals surface area contributed by atoms with Crippen molar-refractivity contribution in [3.8, 4) is 0 Å². The number of ether oxygens (including phenoxy) is 1. The first kappa shape index (κ1) is 19.8. The second-order valence-electron chi connectivity index (χ2n) is 8.44. The minimum Gasteiger partial charge on any atom is -0.442 e. The summed E-state index contributed by atoms with van der Waals surface area (Å²) >= 11 is 0. The minimum atomic E-state index is -0.606. The molecule has 0 unspecified atom stereocenters. The first-order valence-corrected chi connectivity index (χ1v) is 9.81. The Balaban J connectivity index is 1.56. The van der Waals surface area contributed by atoms with Gasteiger partial charge in [0.05, 0.1) is 11.7 Å². The van der Waals surface area contributed by atoms with Crippen LogP contribution in [-0.4, -0.2) is 37.3 Å². The van der Waals surface area contributed by atoms with Crippen LogP contribution in [0.2, 0.25) is 0 Å². The minimum absolute atomic E-state index is 0.00759. The van der Waals surface area contributed by atoms with Crippen molar-refractivity contribution in [3.63, 3.8) is 0 Å². The third kappa shape index (κ3) is 4.40. The molecule has 2 aromatic heterocycles. The topological polar surface area (TPSA) is 111 Å². The molecule has 30 heavy (non-hydrogen) atoms. The molecule has 0 radical (unpaired) electrons. The average molecular weight is 408 g/mol. The fourth-order valence-corrected chi connectivity index (χ4v) is 2.97. The summed E-state index contributed by atoms with van der Waals surface area (Å²) in [5.41, 5.74) is 1.76. The largest absolute Gasteiger partial charge is 0.442 e. The molecule has 1 aromatic carbocycles. The highest BCUT2D eigenvalue weighted by Crippen LogP contribution is 2.30. The lowest BCUT2D eigenvalue weighted by Crippen LogP contribution is -2.27. The van der Waals surface area contributed by atoms with E-state index in [9.17, 15) is 9.59 Å². The molecule has 1 aliphatic carbocycles. The maximum atomic E-state index is 12.4. The van der Waals surface area contributed by atoms with Crippen molar-refractivity contribution in [1.82, 2.24) is 19.7 Å². The van der Waals surface area contributed by atoms with E-state index in [1.165, 1.54) is 11.0 Å². The van der Waals surface area contributed by atoms with Gasteiger partial charge in [0.15, 0.2) is 0 Å². The van der Waals surface area contributed by atoms with Crippen LogP contribution >= 0.6 is 0 Å². The second kappa shape index (κ2) is 7.40. The van der Waals surface area contributed by atoms with E-state index in [1.807, 2.05) is 39.8 Å². The lowest BCUT2D eigenvalue weighted by Gasteiger charge is -2.19. The zero-order valence-electron chi connectivity index (χ0n) is 17.4. The Kier molecular flexibility index (Phi) is 4.89. The van der Waals surface area contributed by atoms with Gasteiger partial charge >= 0.3 is 6.09 Å². The molecule has 0 spiro atoms. The number of hydrogen-bond donors (Lipinski definition) is 2. The van der Waals surface area contributed by atoms with Crippen LogP contribution < -0.4 is 10.6 Å². The Hall–Kier alpha value is -3.49. The van der Waals surface area contributed by atoms with Crippen molar-refractivity contribution >= 4 is 40.2 Å². The van der Waals surface area contributed by atoms with Crippen LogP contribution in [0.1, 0.15) is 39.2 Å². The number of aryl methyl sites for hydroxylation is 1. The Morgan fingerprint density at radius 1 is 1.13 bits per heavy atom. The van der Waals surface area contributed by atoms with Crippen LogP contribution in [0, 0.1) is 12.8 Å². The maximum absolute atomic E-state index is 12.4. The molecule has 0 saturated heterocycles. The number of carbonyl (C=O) groups is 2. The van der Waals surface area contributed by atoms with Gasteiger partial charge in [0.2, 0.25) is 5.91 Å². The van der Waals surface area contributed by atoms with Crippen LogP contribution in [-0.2, 0) is 9.53 Å². The molecule has 9 heteroatoms. The molecule has 1 amide bonds. The van der Waals surface area contributed by atoms with Crippen LogP contribution in [0.5, 0.6) is 0 Å². The standard InChI is InChI=1S/C21H24N6O3/c1-12-7-16-14(10-24-27(16)20(29)30-21(2,3)4)8-15(12)25-17-9-18(23-11-22-17)26-19(28)13-5-6-13/h7-11,13H,5-6H2,1-4H3,(H2,22,23,25,26,28). The first-order valence-electron chi connectivity index (χ1n) is 9.81. The Morgan fingerprint density at radius 2 is 1.87 bits per heavy atom. The van der Waals surface area contributed by atoms with Crippen LogP contribution in [0.4, 0.5) is 22.1 Å². The highest BCUT2D eigenvalue weighted by Gasteiger charge is 2.29. The third-order valence-electron chi connectivity index (χ3n) is 4.61. The van der Waals surface area contributed by atoms with Gasteiger partial charge in [0, 0.05) is 23.1 Å². The number of fused-ring (bicyclic) bond motifs is 1. The normalized spacial score (nSPS) is 13.9. The number of amides is 1. The highest BCUT2D eigenvalue weighted by atomic mass is 16.6. The Bertz CT molecular complexity index is 1130. The SMILES string of the molecule is Cc1cc2c(cnn2C(=O)OC(C)(C)C)cc1Nc1cc(NC(=O)C2CC2)ncn1. The predicted octanol–water partition coefficient (Wildman–Crippen LogP) is 4.01. The van der Waals surface area contributed by atoms with Crippen molar-refractivity contribution in [3.05, 3.63) is 36.3 Å². The molecule has 0 aliphatic heterocycles. The van der Waals surface area contributed by atoms with Crippen molar-refractivity contribution in [2.75, 3.05) is 10.6 Å². The molecule has 4 rings (SSSR count). The third-order valence-corrected chi connectivity index (χ3v) is 4.61. The van der Waals surface area contributed by atoms with Crippen LogP contribution in [0.3, 0.4) is 0 Å². The van der Waals surface area contributed by atoms with Gasteiger partial charge in [-0.05, 0) is 58.2 Å². The predicted molar refractivity (Wildman–Crippen MR) is 113 cm³/mol. The summed E-state index contributed by atoms with van der Waals surface area (Å²) in [5.74, 6) is 1.10. The van der Waals surface area contributed by atoms with E-state index >= 15 is 0 Å². The average Bonchev–Trinajstić information content (AvgIpc) is 3.42. The van der Waals surface area contributed by atoms with Gasteiger partial charge in [-0.15, -0.1) is 0 Å². The first-order chi connectivity index (χ1) is 14.2. The fourth-order valence-electron chi connectivity index (χ4n) is 2.97. The molecule has 1 saturated carbocycles. The summed E-state index contributed by atoms with van der Waals surface area (Å²) in [6.45, 7) is 7.36. The molecule has 3 aromatic rings. The van der Waals surface area contributed by atoms with Gasteiger partial charge in [-0.1, -0.05) is 0 Å². The molecule has 2 N–H and O–H groups in total. The lowest BCUT2D eigenvalue weighted by molar-refractivity contribution is -0.117. The molecule has 1 aliphatic rings. The van der Waals surface area contributed by atoms with Gasteiger partial charge < -0.3 is 15.4 Å². The zero-order chi connectivity index (χ0) is 21.5. The number of rotatable bonds is 4. The summed E-state index contributed by atoms with van der Waals surface area (Å²) in [6, 6.07) is 5.45. The van der Waals surface area contributed by atoms with Crippen LogP contribution in [0.25, 0.3) is 10.9 Å². The second-order valence-corrected chi connectivity index (χ2v) is 8.44. The number of aromatic nitrogens is 4. The number of nitrogens with zero attached hydrogens (tertiary/aromatic N) is 4. The van der Waals surface area contributed by atoms with E-state index in [-0.39, 0.29) is 11.8 Å². The molecule has 9 nitrogen and oxygen atoms in total. The number of anilines is 3. The summed E-state index contributed by atoms with van der Waals surface area (Å²) in [6.07, 6.45) is 4.35. The van der Waals surface area contributed by atoms with E-state index in [1.54, 1.807) is 12.3 Å². The lowest BCUT2D eigenvalue weighted by atomic mass is 10.1. The zero-order valence-corrected chi connectivity index (χ0v) is 17.4. The molecule has 0 atom stereocenters. The van der Waals surface area contributed by atoms with E-state index in [0.717, 1.165) is 29.5 Å². The molecule has 2 heterocycles.